The van der Waals surface area contributed by atoms with Gasteiger partial charge in [-0.3, -0.25) is 9.36 Å². The van der Waals surface area contributed by atoms with Gasteiger partial charge in [0.2, 0.25) is 0 Å². The predicted octanol–water partition coefficient (Wildman–Crippen LogP) is 3.39. The lowest BCUT2D eigenvalue weighted by Crippen LogP contribution is -2.23. The van der Waals surface area contributed by atoms with Gasteiger partial charge in [0.15, 0.2) is 5.16 Å². The molecule has 0 unspecified atom stereocenters. The number of fused-ring (bicyclic) bond motifs is 1. The molecule has 2 rings (SSSR count). The van der Waals surface area contributed by atoms with E-state index in [2.05, 4.69) is 11.6 Å². The average Bonchev–Trinajstić information content (AvgIpc) is 2.74. The SMILES string of the molecule is C=CCn1c(SCCOCC)nc2sc(C)c(C)c2c1=O. The summed E-state index contributed by atoms with van der Waals surface area (Å²) >= 11 is 3.14. The number of aryl methyl sites for hydroxylation is 2. The Morgan fingerprint density at radius 3 is 2.90 bits per heavy atom. The van der Waals surface area contributed by atoms with Gasteiger partial charge in [-0.2, -0.15) is 0 Å². The Balaban J connectivity index is 2.45. The van der Waals surface area contributed by atoms with Gasteiger partial charge in [-0.15, -0.1) is 17.9 Å². The summed E-state index contributed by atoms with van der Waals surface area (Å²) in [6, 6.07) is 0. The van der Waals surface area contributed by atoms with Crippen LogP contribution >= 0.6 is 23.1 Å². The summed E-state index contributed by atoms with van der Waals surface area (Å²) in [6.45, 7) is 11.6. The van der Waals surface area contributed by atoms with Gasteiger partial charge in [0, 0.05) is 23.8 Å². The Bertz CT molecular complexity index is 704. The van der Waals surface area contributed by atoms with Crippen molar-refractivity contribution in [3.63, 3.8) is 0 Å². The molecule has 0 N–H and O–H groups in total. The molecular weight excluding hydrogens is 304 g/mol. The summed E-state index contributed by atoms with van der Waals surface area (Å²) in [6.07, 6.45) is 1.73. The van der Waals surface area contributed by atoms with E-state index >= 15 is 0 Å². The van der Waals surface area contributed by atoms with Gasteiger partial charge < -0.3 is 4.74 Å². The lowest BCUT2D eigenvalue weighted by Gasteiger charge is -2.10. The lowest BCUT2D eigenvalue weighted by molar-refractivity contribution is 0.164. The van der Waals surface area contributed by atoms with E-state index in [9.17, 15) is 4.79 Å². The zero-order valence-electron chi connectivity index (χ0n) is 12.6. The number of thioether (sulfide) groups is 1. The van der Waals surface area contributed by atoms with Crippen LogP contribution in [0.1, 0.15) is 17.4 Å². The van der Waals surface area contributed by atoms with Gasteiger partial charge in [-0.1, -0.05) is 17.8 Å². The maximum atomic E-state index is 12.7. The van der Waals surface area contributed by atoms with Gasteiger partial charge in [0.1, 0.15) is 4.83 Å². The Morgan fingerprint density at radius 2 is 2.24 bits per heavy atom. The van der Waals surface area contributed by atoms with Crippen molar-refractivity contribution >= 4 is 33.3 Å². The highest BCUT2D eigenvalue weighted by atomic mass is 32.2. The molecule has 0 bridgehead atoms. The van der Waals surface area contributed by atoms with Crippen LogP contribution in [0.2, 0.25) is 0 Å². The third-order valence-electron chi connectivity index (χ3n) is 3.23. The van der Waals surface area contributed by atoms with Crippen LogP contribution < -0.4 is 5.56 Å². The third-order valence-corrected chi connectivity index (χ3v) is 5.27. The normalized spacial score (nSPS) is 11.2. The quantitative estimate of drug-likeness (QED) is 0.339. The summed E-state index contributed by atoms with van der Waals surface area (Å²) in [5.74, 6) is 0.784. The largest absolute Gasteiger partial charge is 0.381 e. The number of allylic oxidation sites excluding steroid dienone is 1. The first-order chi connectivity index (χ1) is 10.1. The maximum absolute atomic E-state index is 12.7. The summed E-state index contributed by atoms with van der Waals surface area (Å²) in [7, 11) is 0. The molecule has 0 aromatic carbocycles. The molecular formula is C15H20N2O2S2. The van der Waals surface area contributed by atoms with Crippen molar-refractivity contribution in [2.45, 2.75) is 32.5 Å². The molecule has 0 aliphatic heterocycles. The van der Waals surface area contributed by atoms with Crippen LogP contribution in [0.15, 0.2) is 22.6 Å². The number of rotatable bonds is 7. The number of hydrogen-bond donors (Lipinski definition) is 0. The van der Waals surface area contributed by atoms with Crippen LogP contribution in [0.25, 0.3) is 10.2 Å². The highest BCUT2D eigenvalue weighted by molar-refractivity contribution is 7.99. The second-order valence-electron chi connectivity index (χ2n) is 4.61. The molecule has 0 spiro atoms. The Morgan fingerprint density at radius 1 is 1.48 bits per heavy atom. The molecule has 0 radical (unpaired) electrons. The molecule has 2 aromatic rings. The Labute approximate surface area is 132 Å². The molecule has 0 aliphatic rings. The molecule has 21 heavy (non-hydrogen) atoms. The molecule has 0 saturated heterocycles. The van der Waals surface area contributed by atoms with Crippen LogP contribution in [-0.2, 0) is 11.3 Å². The molecule has 0 saturated carbocycles. The Kier molecular flexibility index (Phi) is 5.61. The second kappa shape index (κ2) is 7.24. The van der Waals surface area contributed by atoms with Crippen molar-refractivity contribution in [2.75, 3.05) is 19.0 Å². The minimum Gasteiger partial charge on any atom is -0.381 e. The van der Waals surface area contributed by atoms with Crippen molar-refractivity contribution in [1.82, 2.24) is 9.55 Å². The molecule has 0 fully saturated rings. The predicted molar refractivity (Wildman–Crippen MR) is 90.8 cm³/mol. The van der Waals surface area contributed by atoms with Crippen LogP contribution in [0, 0.1) is 13.8 Å². The monoisotopic (exact) mass is 324 g/mol. The molecule has 114 valence electrons. The van der Waals surface area contributed by atoms with Crippen molar-refractivity contribution in [2.24, 2.45) is 0 Å². The van der Waals surface area contributed by atoms with Crippen LogP contribution in [0.3, 0.4) is 0 Å². The second-order valence-corrected chi connectivity index (χ2v) is 6.87. The van der Waals surface area contributed by atoms with Crippen LogP contribution in [0.4, 0.5) is 0 Å². The van der Waals surface area contributed by atoms with E-state index in [1.165, 1.54) is 0 Å². The smallest absolute Gasteiger partial charge is 0.263 e. The van der Waals surface area contributed by atoms with Gasteiger partial charge in [0.25, 0.3) is 5.56 Å². The molecule has 0 amide bonds. The standard InChI is InChI=1S/C15H20N2O2S2/c1-5-7-17-14(18)12-10(3)11(4)21-13(12)16-15(17)20-9-8-19-6-2/h5H,1,6-9H2,2-4H3. The fourth-order valence-corrected chi connectivity index (χ4v) is 3.98. The summed E-state index contributed by atoms with van der Waals surface area (Å²) in [5, 5.41) is 1.49. The van der Waals surface area contributed by atoms with E-state index < -0.39 is 0 Å². The molecule has 0 atom stereocenters. The van der Waals surface area contributed by atoms with Gasteiger partial charge >= 0.3 is 0 Å². The van der Waals surface area contributed by atoms with E-state index in [4.69, 9.17) is 4.74 Å². The fourth-order valence-electron chi connectivity index (χ4n) is 2.05. The first-order valence-corrected chi connectivity index (χ1v) is 8.72. The summed E-state index contributed by atoms with van der Waals surface area (Å²) in [5.41, 5.74) is 1.07. The zero-order valence-corrected chi connectivity index (χ0v) is 14.3. The molecule has 0 aliphatic carbocycles. The third kappa shape index (κ3) is 3.39. The zero-order chi connectivity index (χ0) is 15.4. The number of ether oxygens (including phenoxy) is 1. The van der Waals surface area contributed by atoms with Crippen LogP contribution in [-0.4, -0.2) is 28.5 Å². The fraction of sp³-hybridized carbons (Fsp3) is 0.467. The van der Waals surface area contributed by atoms with Crippen molar-refractivity contribution < 1.29 is 4.74 Å². The van der Waals surface area contributed by atoms with E-state index in [1.54, 1.807) is 33.7 Å². The highest BCUT2D eigenvalue weighted by Crippen LogP contribution is 2.28. The molecule has 6 heteroatoms. The minimum atomic E-state index is 0.0284. The number of aromatic nitrogens is 2. The van der Waals surface area contributed by atoms with E-state index in [0.717, 1.165) is 31.6 Å². The van der Waals surface area contributed by atoms with Crippen molar-refractivity contribution in [3.05, 3.63) is 33.4 Å². The van der Waals surface area contributed by atoms with Crippen molar-refractivity contribution in [1.29, 1.82) is 0 Å². The first kappa shape index (κ1) is 16.3. The number of nitrogens with zero attached hydrogens (tertiary/aromatic N) is 2. The molecule has 2 aromatic heterocycles. The highest BCUT2D eigenvalue weighted by Gasteiger charge is 2.16. The van der Waals surface area contributed by atoms with Gasteiger partial charge in [-0.05, 0) is 26.3 Å². The average molecular weight is 324 g/mol. The maximum Gasteiger partial charge on any atom is 0.263 e. The first-order valence-electron chi connectivity index (χ1n) is 6.92. The number of thiophene rings is 1. The number of hydrogen-bond acceptors (Lipinski definition) is 5. The summed E-state index contributed by atoms with van der Waals surface area (Å²) in [4.78, 5) is 19.4. The van der Waals surface area contributed by atoms with E-state index in [0.29, 0.717) is 19.8 Å². The molecule has 4 nitrogen and oxygen atoms in total. The van der Waals surface area contributed by atoms with Gasteiger partial charge in [-0.25, -0.2) is 4.98 Å². The lowest BCUT2D eigenvalue weighted by atomic mass is 10.2. The molecule has 2 heterocycles. The summed E-state index contributed by atoms with van der Waals surface area (Å²) < 4.78 is 7.04. The minimum absolute atomic E-state index is 0.0284. The Hall–Kier alpha value is -1.11. The van der Waals surface area contributed by atoms with E-state index in [-0.39, 0.29) is 5.56 Å². The topological polar surface area (TPSA) is 44.1 Å². The van der Waals surface area contributed by atoms with Crippen molar-refractivity contribution in [3.8, 4) is 0 Å². The van der Waals surface area contributed by atoms with Gasteiger partial charge in [0.05, 0.1) is 12.0 Å². The van der Waals surface area contributed by atoms with Crippen LogP contribution in [0.5, 0.6) is 0 Å². The van der Waals surface area contributed by atoms with E-state index in [1.807, 2.05) is 20.8 Å².